The summed E-state index contributed by atoms with van der Waals surface area (Å²) in [5.41, 5.74) is 0.956. The molecule has 1 aromatic rings. The van der Waals surface area contributed by atoms with Crippen molar-refractivity contribution in [1.82, 2.24) is 10.2 Å². The molecule has 0 aliphatic heterocycles. The highest BCUT2D eigenvalue weighted by molar-refractivity contribution is 5.85. The molecule has 0 bridgehead atoms. The molecule has 0 aromatic heterocycles. The predicted octanol–water partition coefficient (Wildman–Crippen LogP) is 3.42. The van der Waals surface area contributed by atoms with Gasteiger partial charge in [-0.05, 0) is 44.0 Å². The Morgan fingerprint density at radius 3 is 2.70 bits per heavy atom. The molecule has 0 saturated heterocycles. The van der Waals surface area contributed by atoms with E-state index in [4.69, 9.17) is 0 Å². The normalized spacial score (nSPS) is 16.0. The van der Waals surface area contributed by atoms with Crippen LogP contribution in [0.2, 0.25) is 0 Å². The van der Waals surface area contributed by atoms with Crippen LogP contribution in [-0.4, -0.2) is 37.0 Å². The van der Waals surface area contributed by atoms with E-state index in [0.29, 0.717) is 25.6 Å². The topological polar surface area (TPSA) is 32.3 Å². The van der Waals surface area contributed by atoms with Crippen molar-refractivity contribution in [2.45, 2.75) is 45.1 Å². The average molecular weight is 343 g/mol. The Morgan fingerprint density at radius 1 is 1.39 bits per heavy atom. The van der Waals surface area contributed by atoms with Crippen molar-refractivity contribution in [3.05, 3.63) is 35.6 Å². The fourth-order valence-corrected chi connectivity index (χ4v) is 3.31. The summed E-state index contributed by atoms with van der Waals surface area (Å²) in [4.78, 5) is 14.8. The van der Waals surface area contributed by atoms with Crippen LogP contribution in [0.4, 0.5) is 4.39 Å². The second-order valence-corrected chi connectivity index (χ2v) is 6.31. The van der Waals surface area contributed by atoms with Crippen molar-refractivity contribution < 1.29 is 9.18 Å². The third-order valence-electron chi connectivity index (χ3n) is 4.51. The first-order valence-electron chi connectivity index (χ1n) is 8.31. The van der Waals surface area contributed by atoms with Crippen molar-refractivity contribution >= 4 is 18.3 Å². The molecule has 1 aromatic carbocycles. The van der Waals surface area contributed by atoms with Crippen molar-refractivity contribution in [3.63, 3.8) is 0 Å². The van der Waals surface area contributed by atoms with Gasteiger partial charge in [-0.25, -0.2) is 4.39 Å². The zero-order chi connectivity index (χ0) is 15.9. The molecule has 1 N–H and O–H groups in total. The molecule has 1 atom stereocenters. The number of hydrogen-bond acceptors (Lipinski definition) is 2. The summed E-state index contributed by atoms with van der Waals surface area (Å²) in [6.07, 6.45) is 5.32. The number of carbonyl (C=O) groups excluding carboxylic acids is 1. The van der Waals surface area contributed by atoms with Gasteiger partial charge in [0.15, 0.2) is 0 Å². The van der Waals surface area contributed by atoms with Crippen LogP contribution in [0, 0.1) is 11.7 Å². The average Bonchev–Trinajstić information content (AvgIpc) is 3.01. The number of rotatable bonds is 7. The van der Waals surface area contributed by atoms with Crippen molar-refractivity contribution in [2.75, 3.05) is 20.1 Å². The molecule has 1 unspecified atom stereocenters. The molecule has 130 valence electrons. The Hall–Kier alpha value is -1.13. The Balaban J connectivity index is 0.00000264. The maximum absolute atomic E-state index is 13.3. The van der Waals surface area contributed by atoms with Gasteiger partial charge >= 0.3 is 0 Å². The van der Waals surface area contributed by atoms with Crippen LogP contribution in [0.1, 0.15) is 38.2 Å². The highest BCUT2D eigenvalue weighted by Crippen LogP contribution is 2.25. The summed E-state index contributed by atoms with van der Waals surface area (Å²) >= 11 is 0. The summed E-state index contributed by atoms with van der Waals surface area (Å²) in [7, 11) is 1.87. The van der Waals surface area contributed by atoms with E-state index in [1.165, 1.54) is 18.9 Å². The van der Waals surface area contributed by atoms with Gasteiger partial charge in [0.1, 0.15) is 5.82 Å². The number of amides is 1. The zero-order valence-corrected chi connectivity index (χ0v) is 14.9. The van der Waals surface area contributed by atoms with Gasteiger partial charge in [0, 0.05) is 25.0 Å². The van der Waals surface area contributed by atoms with Crippen molar-refractivity contribution in [3.8, 4) is 0 Å². The largest absolute Gasteiger partial charge is 0.339 e. The second kappa shape index (κ2) is 9.89. The summed E-state index contributed by atoms with van der Waals surface area (Å²) in [6.45, 7) is 3.35. The first kappa shape index (κ1) is 19.9. The molecule has 1 amide bonds. The van der Waals surface area contributed by atoms with Gasteiger partial charge in [0.25, 0.3) is 0 Å². The highest BCUT2D eigenvalue weighted by atomic mass is 35.5. The lowest BCUT2D eigenvalue weighted by Crippen LogP contribution is -2.44. The quantitative estimate of drug-likeness (QED) is 0.823. The summed E-state index contributed by atoms with van der Waals surface area (Å²) in [5.74, 6) is -0.00411. The van der Waals surface area contributed by atoms with E-state index in [-0.39, 0.29) is 30.0 Å². The van der Waals surface area contributed by atoms with Crippen LogP contribution in [-0.2, 0) is 11.2 Å². The SMILES string of the molecule is CNCC(C)C(=O)N(CCc1cccc(F)c1)C1CCCC1.Cl. The molecule has 2 rings (SSSR count). The van der Waals surface area contributed by atoms with Gasteiger partial charge in [-0.3, -0.25) is 4.79 Å². The zero-order valence-electron chi connectivity index (χ0n) is 14.1. The fourth-order valence-electron chi connectivity index (χ4n) is 3.31. The van der Waals surface area contributed by atoms with E-state index in [9.17, 15) is 9.18 Å². The van der Waals surface area contributed by atoms with Crippen molar-refractivity contribution in [2.24, 2.45) is 5.92 Å². The highest BCUT2D eigenvalue weighted by Gasteiger charge is 2.28. The lowest BCUT2D eigenvalue weighted by molar-refractivity contribution is -0.137. The van der Waals surface area contributed by atoms with Crippen LogP contribution in [0.5, 0.6) is 0 Å². The molecule has 1 fully saturated rings. The summed E-state index contributed by atoms with van der Waals surface area (Å²) in [5, 5.41) is 3.08. The van der Waals surface area contributed by atoms with Crippen LogP contribution >= 0.6 is 12.4 Å². The molecular weight excluding hydrogens is 315 g/mol. The van der Waals surface area contributed by atoms with Gasteiger partial charge < -0.3 is 10.2 Å². The predicted molar refractivity (Wildman–Crippen MR) is 94.4 cm³/mol. The van der Waals surface area contributed by atoms with Crippen LogP contribution < -0.4 is 5.32 Å². The Bertz CT molecular complexity index is 492. The van der Waals surface area contributed by atoms with E-state index >= 15 is 0 Å². The van der Waals surface area contributed by atoms with Gasteiger partial charge in [0.2, 0.25) is 5.91 Å². The molecule has 5 heteroatoms. The molecular formula is C18H28ClFN2O. The third kappa shape index (κ3) is 5.78. The summed E-state index contributed by atoms with van der Waals surface area (Å²) in [6, 6.07) is 7.04. The smallest absolute Gasteiger partial charge is 0.226 e. The first-order valence-corrected chi connectivity index (χ1v) is 8.31. The van der Waals surface area contributed by atoms with Gasteiger partial charge in [-0.1, -0.05) is 31.9 Å². The van der Waals surface area contributed by atoms with E-state index in [1.807, 2.05) is 24.9 Å². The molecule has 1 aliphatic carbocycles. The maximum atomic E-state index is 13.3. The van der Waals surface area contributed by atoms with Gasteiger partial charge in [-0.15, -0.1) is 12.4 Å². The van der Waals surface area contributed by atoms with Gasteiger partial charge in [-0.2, -0.15) is 0 Å². The van der Waals surface area contributed by atoms with E-state index < -0.39 is 0 Å². The minimum absolute atomic E-state index is 0. The number of benzene rings is 1. The number of nitrogens with one attached hydrogen (secondary N) is 1. The van der Waals surface area contributed by atoms with Crippen LogP contribution in [0.15, 0.2) is 24.3 Å². The Labute approximate surface area is 145 Å². The lowest BCUT2D eigenvalue weighted by atomic mass is 10.1. The standard InChI is InChI=1S/C18H27FN2O.ClH/c1-14(13-20-2)18(22)21(17-8-3-4-9-17)11-10-15-6-5-7-16(19)12-15;/h5-7,12,14,17,20H,3-4,8-11,13H2,1-2H3;1H. The van der Waals surface area contributed by atoms with E-state index in [2.05, 4.69) is 5.32 Å². The third-order valence-corrected chi connectivity index (χ3v) is 4.51. The molecule has 0 spiro atoms. The van der Waals surface area contributed by atoms with Gasteiger partial charge in [0.05, 0.1) is 0 Å². The first-order chi connectivity index (χ1) is 10.6. The minimum atomic E-state index is -0.209. The Kier molecular flexibility index (Phi) is 8.56. The number of hydrogen-bond donors (Lipinski definition) is 1. The monoisotopic (exact) mass is 342 g/mol. The summed E-state index contributed by atoms with van der Waals surface area (Å²) < 4.78 is 13.3. The lowest BCUT2D eigenvalue weighted by Gasteiger charge is -2.31. The second-order valence-electron chi connectivity index (χ2n) is 6.31. The fraction of sp³-hybridized carbons (Fsp3) is 0.611. The van der Waals surface area contributed by atoms with Crippen molar-refractivity contribution in [1.29, 1.82) is 0 Å². The molecule has 1 aliphatic rings. The van der Waals surface area contributed by atoms with E-state index in [0.717, 1.165) is 18.4 Å². The number of halogens is 2. The van der Waals surface area contributed by atoms with Crippen LogP contribution in [0.3, 0.4) is 0 Å². The molecule has 23 heavy (non-hydrogen) atoms. The van der Waals surface area contributed by atoms with Crippen LogP contribution in [0.25, 0.3) is 0 Å². The Morgan fingerprint density at radius 2 is 2.09 bits per heavy atom. The molecule has 3 nitrogen and oxygen atoms in total. The number of nitrogens with zero attached hydrogens (tertiary/aromatic N) is 1. The molecule has 1 saturated carbocycles. The molecule has 0 radical (unpaired) electrons. The molecule has 0 heterocycles. The van der Waals surface area contributed by atoms with E-state index in [1.54, 1.807) is 12.1 Å². The number of carbonyl (C=O) groups is 1. The minimum Gasteiger partial charge on any atom is -0.339 e. The maximum Gasteiger partial charge on any atom is 0.226 e.